The molecule has 4 nitrogen and oxygen atoms in total. The summed E-state index contributed by atoms with van der Waals surface area (Å²) in [6, 6.07) is 13.3. The summed E-state index contributed by atoms with van der Waals surface area (Å²) < 4.78 is 0. The molecule has 0 radical (unpaired) electrons. The molecular formula is C15H18N2O2. The van der Waals surface area contributed by atoms with Crippen molar-refractivity contribution in [1.82, 2.24) is 5.48 Å². The molecule has 0 aliphatic heterocycles. The zero-order valence-corrected chi connectivity index (χ0v) is 11.0. The Kier molecular flexibility index (Phi) is 4.75. The lowest BCUT2D eigenvalue weighted by atomic mass is 10.1. The number of carbonyl (C=O) groups excluding carboxylic acids is 1. The number of hydroxylamine groups is 1. The van der Waals surface area contributed by atoms with Gasteiger partial charge in [-0.1, -0.05) is 49.7 Å². The number of amides is 2. The van der Waals surface area contributed by atoms with Gasteiger partial charge in [0.1, 0.15) is 0 Å². The number of fused-ring (bicyclic) bond motifs is 1. The van der Waals surface area contributed by atoms with Crippen LogP contribution in [0.3, 0.4) is 0 Å². The summed E-state index contributed by atoms with van der Waals surface area (Å²) in [5.74, 6) is 0. The molecule has 2 rings (SSSR count). The van der Waals surface area contributed by atoms with E-state index < -0.39 is 0 Å². The van der Waals surface area contributed by atoms with Crippen LogP contribution in [0.2, 0.25) is 0 Å². The summed E-state index contributed by atoms with van der Waals surface area (Å²) in [6.45, 7) is 2.60. The van der Waals surface area contributed by atoms with Gasteiger partial charge in [-0.15, -0.1) is 0 Å². The van der Waals surface area contributed by atoms with Gasteiger partial charge in [0.05, 0.1) is 12.3 Å². The van der Waals surface area contributed by atoms with Gasteiger partial charge < -0.3 is 5.32 Å². The van der Waals surface area contributed by atoms with Gasteiger partial charge in [0, 0.05) is 5.39 Å². The molecule has 0 fully saturated rings. The normalized spacial score (nSPS) is 10.4. The smallest absolute Gasteiger partial charge is 0.306 e. The molecule has 100 valence electrons. The third kappa shape index (κ3) is 3.69. The number of nitrogens with one attached hydrogen (secondary N) is 2. The molecule has 2 N–H and O–H groups in total. The molecule has 0 unspecified atom stereocenters. The number of hydrogen-bond donors (Lipinski definition) is 2. The van der Waals surface area contributed by atoms with Gasteiger partial charge in [0.2, 0.25) is 0 Å². The van der Waals surface area contributed by atoms with E-state index in [1.807, 2.05) is 42.5 Å². The first kappa shape index (κ1) is 13.4. The van der Waals surface area contributed by atoms with Gasteiger partial charge in [-0.3, -0.25) is 4.84 Å². The summed E-state index contributed by atoms with van der Waals surface area (Å²) in [6.07, 6.45) is 1.96. The zero-order chi connectivity index (χ0) is 13.5. The molecule has 19 heavy (non-hydrogen) atoms. The highest BCUT2D eigenvalue weighted by molar-refractivity contribution is 6.01. The third-order valence-electron chi connectivity index (χ3n) is 2.80. The molecule has 0 bridgehead atoms. The quantitative estimate of drug-likeness (QED) is 0.634. The zero-order valence-electron chi connectivity index (χ0n) is 11.0. The molecule has 2 aromatic rings. The van der Waals surface area contributed by atoms with E-state index in [1.165, 1.54) is 0 Å². The minimum atomic E-state index is -0.354. The number of anilines is 1. The lowest BCUT2D eigenvalue weighted by molar-refractivity contribution is 0.0640. The van der Waals surface area contributed by atoms with E-state index in [9.17, 15) is 4.79 Å². The average molecular weight is 258 g/mol. The van der Waals surface area contributed by atoms with Crippen molar-refractivity contribution in [2.75, 3.05) is 11.9 Å². The fourth-order valence-electron chi connectivity index (χ4n) is 1.82. The first-order chi connectivity index (χ1) is 9.31. The number of benzene rings is 2. The lowest BCUT2D eigenvalue weighted by Crippen LogP contribution is -2.29. The predicted molar refractivity (Wildman–Crippen MR) is 77.0 cm³/mol. The first-order valence-corrected chi connectivity index (χ1v) is 6.48. The van der Waals surface area contributed by atoms with E-state index in [0.717, 1.165) is 29.3 Å². The second kappa shape index (κ2) is 6.75. The minimum absolute atomic E-state index is 0.354. The van der Waals surface area contributed by atoms with Crippen molar-refractivity contribution in [1.29, 1.82) is 0 Å². The standard InChI is InChI=1S/C15H18N2O2/c1-2-3-11-19-17-15(18)16-14-10-6-8-12-7-4-5-9-13(12)14/h4-10H,2-3,11H2,1H3,(H2,16,17,18). The molecule has 2 aromatic carbocycles. The van der Waals surface area contributed by atoms with Crippen LogP contribution in [0.15, 0.2) is 42.5 Å². The molecule has 0 atom stereocenters. The van der Waals surface area contributed by atoms with Crippen LogP contribution in [0.25, 0.3) is 10.8 Å². The minimum Gasteiger partial charge on any atom is -0.306 e. The van der Waals surface area contributed by atoms with E-state index in [4.69, 9.17) is 4.84 Å². The van der Waals surface area contributed by atoms with Gasteiger partial charge in [0.15, 0.2) is 0 Å². The van der Waals surface area contributed by atoms with Crippen LogP contribution in [0.1, 0.15) is 19.8 Å². The summed E-state index contributed by atoms with van der Waals surface area (Å²) in [7, 11) is 0. The number of urea groups is 1. The first-order valence-electron chi connectivity index (χ1n) is 6.48. The SMILES string of the molecule is CCCCONC(=O)Nc1cccc2ccccc12. The van der Waals surface area contributed by atoms with Crippen LogP contribution in [0, 0.1) is 0 Å². The van der Waals surface area contributed by atoms with Crippen molar-refractivity contribution in [2.45, 2.75) is 19.8 Å². The highest BCUT2D eigenvalue weighted by Gasteiger charge is 2.04. The largest absolute Gasteiger partial charge is 0.343 e. The third-order valence-corrected chi connectivity index (χ3v) is 2.80. The Balaban J connectivity index is 1.99. The average Bonchev–Trinajstić information content (AvgIpc) is 2.44. The second-order valence-corrected chi connectivity index (χ2v) is 4.28. The molecule has 0 heterocycles. The molecule has 4 heteroatoms. The van der Waals surface area contributed by atoms with Gasteiger partial charge in [0.25, 0.3) is 0 Å². The van der Waals surface area contributed by atoms with E-state index in [0.29, 0.717) is 6.61 Å². The van der Waals surface area contributed by atoms with Crippen LogP contribution in [0.4, 0.5) is 10.5 Å². The Morgan fingerprint density at radius 1 is 1.16 bits per heavy atom. The van der Waals surface area contributed by atoms with Gasteiger partial charge >= 0.3 is 6.03 Å². The molecule has 2 amide bonds. The Morgan fingerprint density at radius 2 is 1.95 bits per heavy atom. The number of rotatable bonds is 5. The van der Waals surface area contributed by atoms with Gasteiger partial charge in [-0.25, -0.2) is 10.3 Å². The maximum absolute atomic E-state index is 11.7. The molecule has 0 saturated carbocycles. The fraction of sp³-hybridized carbons (Fsp3) is 0.267. The highest BCUT2D eigenvalue weighted by Crippen LogP contribution is 2.22. The van der Waals surface area contributed by atoms with E-state index >= 15 is 0 Å². The maximum atomic E-state index is 11.7. The summed E-state index contributed by atoms with van der Waals surface area (Å²) in [5, 5.41) is 4.88. The van der Waals surface area contributed by atoms with Crippen LogP contribution < -0.4 is 10.8 Å². The van der Waals surface area contributed by atoms with Crippen molar-refractivity contribution in [2.24, 2.45) is 0 Å². The van der Waals surface area contributed by atoms with Crippen LogP contribution >= 0.6 is 0 Å². The van der Waals surface area contributed by atoms with Gasteiger partial charge in [-0.2, -0.15) is 0 Å². The molecule has 0 spiro atoms. The fourth-order valence-corrected chi connectivity index (χ4v) is 1.82. The van der Waals surface area contributed by atoms with Crippen molar-refractivity contribution in [3.05, 3.63) is 42.5 Å². The van der Waals surface area contributed by atoms with E-state index in [2.05, 4.69) is 17.7 Å². The number of carbonyl (C=O) groups is 1. The molecule has 0 aromatic heterocycles. The Bertz CT molecular complexity index is 549. The highest BCUT2D eigenvalue weighted by atomic mass is 16.7. The Morgan fingerprint density at radius 3 is 2.79 bits per heavy atom. The van der Waals surface area contributed by atoms with Crippen molar-refractivity contribution in [3.63, 3.8) is 0 Å². The van der Waals surface area contributed by atoms with E-state index in [-0.39, 0.29) is 6.03 Å². The summed E-state index contributed by atoms with van der Waals surface area (Å²) in [5.41, 5.74) is 3.15. The van der Waals surface area contributed by atoms with Crippen molar-refractivity contribution in [3.8, 4) is 0 Å². The molecule has 0 saturated heterocycles. The topological polar surface area (TPSA) is 50.4 Å². The Labute approximate surface area is 112 Å². The van der Waals surface area contributed by atoms with Crippen LogP contribution in [0.5, 0.6) is 0 Å². The molecule has 0 aliphatic carbocycles. The van der Waals surface area contributed by atoms with E-state index in [1.54, 1.807) is 0 Å². The van der Waals surface area contributed by atoms with Crippen molar-refractivity contribution < 1.29 is 9.63 Å². The lowest BCUT2D eigenvalue weighted by Gasteiger charge is -2.09. The maximum Gasteiger partial charge on any atom is 0.343 e. The monoisotopic (exact) mass is 258 g/mol. The van der Waals surface area contributed by atoms with Gasteiger partial charge in [-0.05, 0) is 17.9 Å². The van der Waals surface area contributed by atoms with Crippen LogP contribution in [-0.4, -0.2) is 12.6 Å². The predicted octanol–water partition coefficient (Wildman–Crippen LogP) is 3.69. The number of hydrogen-bond acceptors (Lipinski definition) is 2. The number of unbranched alkanes of at least 4 members (excludes halogenated alkanes) is 1. The molecular weight excluding hydrogens is 240 g/mol. The second-order valence-electron chi connectivity index (χ2n) is 4.28. The van der Waals surface area contributed by atoms with Crippen LogP contribution in [-0.2, 0) is 4.84 Å². The summed E-state index contributed by atoms with van der Waals surface area (Å²) >= 11 is 0. The Hall–Kier alpha value is -2.07. The molecule has 0 aliphatic rings. The summed E-state index contributed by atoms with van der Waals surface area (Å²) in [4.78, 5) is 16.7. The van der Waals surface area contributed by atoms with Crippen molar-refractivity contribution >= 4 is 22.5 Å².